The molecule has 0 aliphatic carbocycles. The molecular weight excluding hydrogens is 234 g/mol. The largest absolute Gasteiger partial charge is 0.466 e. The van der Waals surface area contributed by atoms with Crippen molar-refractivity contribution in [3.63, 3.8) is 0 Å². The van der Waals surface area contributed by atoms with Crippen LogP contribution in [0.15, 0.2) is 0 Å². The second-order valence-corrected chi connectivity index (χ2v) is 5.39. The molecule has 1 fully saturated rings. The van der Waals surface area contributed by atoms with E-state index >= 15 is 0 Å². The zero-order chi connectivity index (χ0) is 13.8. The summed E-state index contributed by atoms with van der Waals surface area (Å²) in [5, 5.41) is 3.26. The molecule has 0 spiro atoms. The van der Waals surface area contributed by atoms with E-state index in [1.165, 1.54) is 0 Å². The Labute approximate surface area is 108 Å². The summed E-state index contributed by atoms with van der Waals surface area (Å²) in [4.78, 5) is 22.9. The van der Waals surface area contributed by atoms with Crippen LogP contribution >= 0.6 is 0 Å². The van der Waals surface area contributed by atoms with E-state index in [1.807, 2.05) is 6.92 Å². The molecule has 0 aromatic rings. The molecule has 0 bridgehead atoms. The number of carbonyl (C=O) groups is 2. The Balaban J connectivity index is 2.42. The van der Waals surface area contributed by atoms with Crippen molar-refractivity contribution < 1.29 is 19.1 Å². The minimum absolute atomic E-state index is 0.0491. The highest BCUT2D eigenvalue weighted by Crippen LogP contribution is 2.22. The van der Waals surface area contributed by atoms with Crippen LogP contribution in [0.4, 0.5) is 0 Å². The van der Waals surface area contributed by atoms with Crippen LogP contribution in [0.3, 0.4) is 0 Å². The maximum absolute atomic E-state index is 11.7. The van der Waals surface area contributed by atoms with Crippen molar-refractivity contribution in [1.82, 2.24) is 5.32 Å². The summed E-state index contributed by atoms with van der Waals surface area (Å²) in [6, 6.07) is 0. The van der Waals surface area contributed by atoms with Crippen LogP contribution in [0.5, 0.6) is 0 Å². The lowest BCUT2D eigenvalue weighted by atomic mass is 9.94. The highest BCUT2D eigenvalue weighted by molar-refractivity contribution is 5.95. The lowest BCUT2D eigenvalue weighted by Gasteiger charge is -2.40. The summed E-state index contributed by atoms with van der Waals surface area (Å²) in [7, 11) is 0. The molecule has 1 aliphatic rings. The minimum atomic E-state index is -0.467. The van der Waals surface area contributed by atoms with Crippen molar-refractivity contribution in [3.8, 4) is 0 Å². The van der Waals surface area contributed by atoms with Crippen LogP contribution in [-0.4, -0.2) is 36.2 Å². The SMILES string of the molecule is CCOC(=O)CC(=O)CC1NC(C)(C)CC(C)O1. The predicted molar refractivity (Wildman–Crippen MR) is 67.0 cm³/mol. The molecule has 18 heavy (non-hydrogen) atoms. The van der Waals surface area contributed by atoms with E-state index in [9.17, 15) is 9.59 Å². The van der Waals surface area contributed by atoms with Crippen molar-refractivity contribution in [2.75, 3.05) is 6.61 Å². The molecule has 1 saturated heterocycles. The van der Waals surface area contributed by atoms with Gasteiger partial charge < -0.3 is 9.47 Å². The molecule has 1 N–H and O–H groups in total. The average molecular weight is 257 g/mol. The van der Waals surface area contributed by atoms with Crippen LogP contribution in [0.2, 0.25) is 0 Å². The summed E-state index contributed by atoms with van der Waals surface area (Å²) < 4.78 is 10.4. The Kier molecular flexibility index (Phi) is 5.28. The Morgan fingerprint density at radius 1 is 1.44 bits per heavy atom. The van der Waals surface area contributed by atoms with E-state index in [0.717, 1.165) is 6.42 Å². The molecular formula is C13H23NO4. The smallest absolute Gasteiger partial charge is 0.313 e. The number of rotatable bonds is 5. The molecule has 1 aliphatic heterocycles. The van der Waals surface area contributed by atoms with Crippen LogP contribution in [0.25, 0.3) is 0 Å². The van der Waals surface area contributed by atoms with Gasteiger partial charge in [-0.05, 0) is 34.1 Å². The molecule has 0 radical (unpaired) electrons. The maximum Gasteiger partial charge on any atom is 0.313 e. The fourth-order valence-corrected chi connectivity index (χ4v) is 2.33. The zero-order valence-electron chi connectivity index (χ0n) is 11.6. The Morgan fingerprint density at radius 3 is 2.67 bits per heavy atom. The topological polar surface area (TPSA) is 64.6 Å². The van der Waals surface area contributed by atoms with Gasteiger partial charge in [0.2, 0.25) is 0 Å². The third kappa shape index (κ3) is 5.14. The Bertz CT molecular complexity index is 314. The van der Waals surface area contributed by atoms with Gasteiger partial charge in [-0.3, -0.25) is 14.9 Å². The van der Waals surface area contributed by atoms with Crippen molar-refractivity contribution in [2.45, 2.75) is 64.8 Å². The number of ketones is 1. The second kappa shape index (κ2) is 6.29. The van der Waals surface area contributed by atoms with Crippen molar-refractivity contribution in [3.05, 3.63) is 0 Å². The van der Waals surface area contributed by atoms with Gasteiger partial charge in [0.05, 0.1) is 12.7 Å². The molecule has 0 aromatic heterocycles. The third-order valence-corrected chi connectivity index (χ3v) is 2.81. The highest BCUT2D eigenvalue weighted by Gasteiger charge is 2.32. The predicted octanol–water partition coefficient (Wildman–Crippen LogP) is 1.40. The normalized spacial score (nSPS) is 26.7. The van der Waals surface area contributed by atoms with E-state index in [2.05, 4.69) is 19.2 Å². The van der Waals surface area contributed by atoms with E-state index in [0.29, 0.717) is 6.61 Å². The van der Waals surface area contributed by atoms with Crippen molar-refractivity contribution >= 4 is 11.8 Å². The first-order valence-electron chi connectivity index (χ1n) is 6.43. The van der Waals surface area contributed by atoms with Gasteiger partial charge in [-0.15, -0.1) is 0 Å². The summed E-state index contributed by atoms with van der Waals surface area (Å²) in [5.74, 6) is -0.624. The Morgan fingerprint density at radius 2 is 2.11 bits per heavy atom. The van der Waals surface area contributed by atoms with Crippen LogP contribution < -0.4 is 5.32 Å². The average Bonchev–Trinajstić information content (AvgIpc) is 2.12. The van der Waals surface area contributed by atoms with Gasteiger partial charge >= 0.3 is 5.97 Å². The summed E-state index contributed by atoms with van der Waals surface area (Å²) in [6.07, 6.45) is 0.721. The summed E-state index contributed by atoms with van der Waals surface area (Å²) >= 11 is 0. The Hall–Kier alpha value is -0.940. The lowest BCUT2D eigenvalue weighted by molar-refractivity contribution is -0.147. The molecule has 5 heteroatoms. The molecule has 0 aromatic carbocycles. The molecule has 1 heterocycles. The van der Waals surface area contributed by atoms with Gasteiger partial charge in [-0.25, -0.2) is 0 Å². The van der Waals surface area contributed by atoms with Gasteiger partial charge in [0, 0.05) is 12.0 Å². The van der Waals surface area contributed by atoms with Crippen molar-refractivity contribution in [1.29, 1.82) is 0 Å². The molecule has 2 unspecified atom stereocenters. The minimum Gasteiger partial charge on any atom is -0.466 e. The number of ether oxygens (including phenoxy) is 2. The van der Waals surface area contributed by atoms with Crippen molar-refractivity contribution in [2.24, 2.45) is 0 Å². The molecule has 5 nitrogen and oxygen atoms in total. The van der Waals surface area contributed by atoms with E-state index in [1.54, 1.807) is 6.92 Å². The number of esters is 1. The molecule has 1 rings (SSSR count). The first-order valence-corrected chi connectivity index (χ1v) is 6.43. The number of nitrogens with one attached hydrogen (secondary N) is 1. The molecule has 104 valence electrons. The van der Waals surface area contributed by atoms with Crippen LogP contribution in [0.1, 0.15) is 47.0 Å². The number of hydrogen-bond acceptors (Lipinski definition) is 5. The van der Waals surface area contributed by atoms with Crippen LogP contribution in [-0.2, 0) is 19.1 Å². The highest BCUT2D eigenvalue weighted by atomic mass is 16.5. The summed E-state index contributed by atoms with van der Waals surface area (Å²) in [6.45, 7) is 8.17. The standard InChI is InChI=1S/C13H23NO4/c1-5-17-12(16)7-10(15)6-11-14-13(3,4)8-9(2)18-11/h9,11,14H,5-8H2,1-4H3. The number of carbonyl (C=O) groups excluding carboxylic acids is 2. The van der Waals surface area contributed by atoms with Gasteiger partial charge in [0.25, 0.3) is 0 Å². The van der Waals surface area contributed by atoms with E-state index in [-0.39, 0.29) is 36.5 Å². The van der Waals surface area contributed by atoms with Gasteiger partial charge in [0.15, 0.2) is 0 Å². The third-order valence-electron chi connectivity index (χ3n) is 2.81. The maximum atomic E-state index is 11.7. The van der Waals surface area contributed by atoms with Gasteiger partial charge in [-0.2, -0.15) is 0 Å². The van der Waals surface area contributed by atoms with Gasteiger partial charge in [-0.1, -0.05) is 0 Å². The first-order chi connectivity index (χ1) is 8.32. The van der Waals surface area contributed by atoms with Crippen LogP contribution in [0, 0.1) is 0 Å². The zero-order valence-corrected chi connectivity index (χ0v) is 11.6. The molecule has 0 saturated carbocycles. The number of Topliss-reactive ketones (excluding diaryl/α,β-unsaturated/α-hetero) is 1. The first kappa shape index (κ1) is 15.1. The monoisotopic (exact) mass is 257 g/mol. The second-order valence-electron chi connectivity index (χ2n) is 5.39. The summed E-state index contributed by atoms with van der Waals surface area (Å²) in [5.41, 5.74) is -0.0491. The lowest BCUT2D eigenvalue weighted by Crippen LogP contribution is -2.55. The quantitative estimate of drug-likeness (QED) is 0.596. The number of hydrogen-bond donors (Lipinski definition) is 1. The fraction of sp³-hybridized carbons (Fsp3) is 0.846. The molecule has 0 amide bonds. The van der Waals surface area contributed by atoms with E-state index < -0.39 is 5.97 Å². The fourth-order valence-electron chi connectivity index (χ4n) is 2.33. The van der Waals surface area contributed by atoms with E-state index in [4.69, 9.17) is 9.47 Å². The molecule has 2 atom stereocenters. The van der Waals surface area contributed by atoms with Gasteiger partial charge in [0.1, 0.15) is 18.4 Å².